The van der Waals surface area contributed by atoms with Crippen LogP contribution in [-0.2, 0) is 4.74 Å². The molecule has 0 aromatic rings. The first-order chi connectivity index (χ1) is 4.16. The average molecular weight is 128 g/mol. The van der Waals surface area contributed by atoms with E-state index in [4.69, 9.17) is 4.74 Å². The molecule has 0 fully saturated rings. The van der Waals surface area contributed by atoms with E-state index >= 15 is 0 Å². The summed E-state index contributed by atoms with van der Waals surface area (Å²) in [6, 6.07) is 0. The van der Waals surface area contributed by atoms with Crippen LogP contribution in [0.5, 0.6) is 0 Å². The lowest BCUT2D eigenvalue weighted by Crippen LogP contribution is -1.99. The molecule has 0 bridgehead atoms. The van der Waals surface area contributed by atoms with Crippen molar-refractivity contribution >= 4 is 0 Å². The Bertz CT molecular complexity index is 92.7. The molecule has 0 saturated heterocycles. The Morgan fingerprint density at radius 1 is 1.56 bits per heavy atom. The highest BCUT2D eigenvalue weighted by Crippen LogP contribution is 1.99. The number of hydrogen-bond acceptors (Lipinski definition) is 1. The zero-order valence-corrected chi connectivity index (χ0v) is 6.77. The Balaban J connectivity index is 3.28. The summed E-state index contributed by atoms with van der Waals surface area (Å²) in [6.07, 6.45) is 1.97. The van der Waals surface area contributed by atoms with E-state index in [-0.39, 0.29) is 0 Å². The van der Waals surface area contributed by atoms with Crippen LogP contribution in [0.15, 0.2) is 11.8 Å². The minimum atomic E-state index is 0.625. The molecule has 0 heterocycles. The van der Waals surface area contributed by atoms with Crippen LogP contribution in [-0.4, -0.2) is 6.61 Å². The zero-order valence-electron chi connectivity index (χ0n) is 6.77. The second-order valence-corrected chi connectivity index (χ2v) is 2.60. The van der Waals surface area contributed by atoms with Crippen LogP contribution in [0.25, 0.3) is 0 Å². The zero-order chi connectivity index (χ0) is 7.28. The molecule has 54 valence electrons. The molecule has 0 radical (unpaired) electrons. The van der Waals surface area contributed by atoms with Gasteiger partial charge in [-0.25, -0.2) is 0 Å². The first-order valence-corrected chi connectivity index (χ1v) is 3.42. The van der Waals surface area contributed by atoms with E-state index in [1.165, 1.54) is 0 Å². The van der Waals surface area contributed by atoms with E-state index in [2.05, 4.69) is 13.8 Å². The fraction of sp³-hybridized carbons (Fsp3) is 0.750. The smallest absolute Gasteiger partial charge is 0.0899 e. The van der Waals surface area contributed by atoms with Crippen molar-refractivity contribution in [1.82, 2.24) is 0 Å². The summed E-state index contributed by atoms with van der Waals surface area (Å²) in [7, 11) is 0. The van der Waals surface area contributed by atoms with Gasteiger partial charge in [0.2, 0.25) is 0 Å². The van der Waals surface area contributed by atoms with E-state index < -0.39 is 0 Å². The molecule has 0 aromatic carbocycles. The summed E-state index contributed by atoms with van der Waals surface area (Å²) in [5.41, 5.74) is 0. The van der Waals surface area contributed by atoms with Crippen molar-refractivity contribution in [3.05, 3.63) is 11.8 Å². The van der Waals surface area contributed by atoms with Gasteiger partial charge in [0.15, 0.2) is 0 Å². The van der Waals surface area contributed by atoms with E-state index in [9.17, 15) is 0 Å². The van der Waals surface area contributed by atoms with Gasteiger partial charge in [-0.05, 0) is 19.8 Å². The van der Waals surface area contributed by atoms with Crippen molar-refractivity contribution < 1.29 is 4.74 Å². The molecule has 0 atom stereocenters. The third-order valence-electron chi connectivity index (χ3n) is 1.05. The summed E-state index contributed by atoms with van der Waals surface area (Å²) >= 11 is 0. The van der Waals surface area contributed by atoms with Crippen molar-refractivity contribution in [2.75, 3.05) is 6.61 Å². The summed E-state index contributed by atoms with van der Waals surface area (Å²) in [6.45, 7) is 9.07. The Hall–Kier alpha value is -0.460. The molecule has 0 amide bonds. The van der Waals surface area contributed by atoms with Crippen molar-refractivity contribution in [2.45, 2.75) is 27.7 Å². The van der Waals surface area contributed by atoms with Crippen molar-refractivity contribution in [2.24, 2.45) is 5.92 Å². The molecule has 0 rings (SSSR count). The van der Waals surface area contributed by atoms with Gasteiger partial charge in [-0.2, -0.15) is 0 Å². The summed E-state index contributed by atoms with van der Waals surface area (Å²) < 4.78 is 5.31. The number of allylic oxidation sites excluding steroid dienone is 2. The second-order valence-electron chi connectivity index (χ2n) is 2.60. The predicted molar refractivity (Wildman–Crippen MR) is 40.2 cm³/mol. The maximum Gasteiger partial charge on any atom is 0.0899 e. The van der Waals surface area contributed by atoms with Crippen LogP contribution in [0, 0.1) is 5.92 Å². The maximum absolute atomic E-state index is 5.31. The van der Waals surface area contributed by atoms with Crippen LogP contribution in [0.1, 0.15) is 27.7 Å². The number of ether oxygens (including phenoxy) is 1. The highest BCUT2D eigenvalue weighted by Gasteiger charge is 1.92. The minimum absolute atomic E-state index is 0.625. The molecule has 0 aliphatic heterocycles. The van der Waals surface area contributed by atoms with Gasteiger partial charge >= 0.3 is 0 Å². The fourth-order valence-electron chi connectivity index (χ4n) is 0.381. The van der Waals surface area contributed by atoms with E-state index in [0.717, 1.165) is 12.4 Å². The molecule has 9 heavy (non-hydrogen) atoms. The average Bonchev–Trinajstić information content (AvgIpc) is 1.83. The molecule has 0 spiro atoms. The molecule has 0 N–H and O–H groups in total. The molecule has 0 aliphatic carbocycles. The van der Waals surface area contributed by atoms with Crippen molar-refractivity contribution in [1.29, 1.82) is 0 Å². The topological polar surface area (TPSA) is 9.23 Å². The van der Waals surface area contributed by atoms with Crippen LogP contribution in [0.4, 0.5) is 0 Å². The van der Waals surface area contributed by atoms with Gasteiger partial charge in [0.25, 0.3) is 0 Å². The Morgan fingerprint density at radius 3 is 2.44 bits per heavy atom. The molecule has 0 aliphatic rings. The normalized spacial score (nSPS) is 12.3. The van der Waals surface area contributed by atoms with Crippen LogP contribution in [0.3, 0.4) is 0 Å². The molecule has 0 unspecified atom stereocenters. The second kappa shape index (κ2) is 4.42. The van der Waals surface area contributed by atoms with Crippen molar-refractivity contribution in [3.8, 4) is 0 Å². The lowest BCUT2D eigenvalue weighted by atomic mass is 10.2. The fourth-order valence-corrected chi connectivity index (χ4v) is 0.381. The summed E-state index contributed by atoms with van der Waals surface area (Å²) in [4.78, 5) is 0. The van der Waals surface area contributed by atoms with Gasteiger partial charge in [0, 0.05) is 0 Å². The third-order valence-corrected chi connectivity index (χ3v) is 1.05. The Kier molecular flexibility index (Phi) is 4.20. The largest absolute Gasteiger partial charge is 0.498 e. The van der Waals surface area contributed by atoms with Gasteiger partial charge in [0.05, 0.1) is 12.4 Å². The van der Waals surface area contributed by atoms with Crippen molar-refractivity contribution in [3.63, 3.8) is 0 Å². The van der Waals surface area contributed by atoms with Crippen LogP contribution >= 0.6 is 0 Å². The predicted octanol–water partition coefficient (Wildman–Crippen LogP) is 2.58. The lowest BCUT2D eigenvalue weighted by molar-refractivity contribution is 0.180. The van der Waals surface area contributed by atoms with E-state index in [1.807, 2.05) is 19.9 Å². The lowest BCUT2D eigenvalue weighted by Gasteiger charge is -2.07. The van der Waals surface area contributed by atoms with Gasteiger partial charge in [-0.15, -0.1) is 0 Å². The highest BCUT2D eigenvalue weighted by atomic mass is 16.5. The Labute approximate surface area is 57.7 Å². The van der Waals surface area contributed by atoms with Gasteiger partial charge in [0.1, 0.15) is 0 Å². The molecule has 1 nitrogen and oxygen atoms in total. The van der Waals surface area contributed by atoms with E-state index in [1.54, 1.807) is 0 Å². The first-order valence-electron chi connectivity index (χ1n) is 3.42. The molecule has 0 saturated carbocycles. The SMILES string of the molecule is C/C=C(/C)OCC(C)C. The van der Waals surface area contributed by atoms with Gasteiger partial charge in [-0.1, -0.05) is 19.9 Å². The van der Waals surface area contributed by atoms with E-state index in [0.29, 0.717) is 5.92 Å². The third kappa shape index (κ3) is 5.41. The molecule has 0 aromatic heterocycles. The minimum Gasteiger partial charge on any atom is -0.498 e. The molecular weight excluding hydrogens is 112 g/mol. The van der Waals surface area contributed by atoms with Crippen LogP contribution < -0.4 is 0 Å². The standard InChI is InChI=1S/C8H16O/c1-5-8(4)9-6-7(2)3/h5,7H,6H2,1-4H3/b8-5-. The molecular formula is C8H16O. The van der Waals surface area contributed by atoms with Gasteiger partial charge < -0.3 is 4.74 Å². The maximum atomic E-state index is 5.31. The first kappa shape index (κ1) is 8.54. The highest BCUT2D eigenvalue weighted by molar-refractivity contribution is 4.83. The summed E-state index contributed by atoms with van der Waals surface area (Å²) in [5.74, 6) is 1.64. The number of hydrogen-bond donors (Lipinski definition) is 0. The number of rotatable bonds is 3. The van der Waals surface area contributed by atoms with Gasteiger partial charge in [-0.3, -0.25) is 0 Å². The van der Waals surface area contributed by atoms with Crippen LogP contribution in [0.2, 0.25) is 0 Å². The quantitative estimate of drug-likeness (QED) is 0.531. The Morgan fingerprint density at radius 2 is 2.11 bits per heavy atom. The summed E-state index contributed by atoms with van der Waals surface area (Å²) in [5, 5.41) is 0. The molecule has 1 heteroatoms. The monoisotopic (exact) mass is 128 g/mol.